The van der Waals surface area contributed by atoms with Crippen molar-refractivity contribution in [1.82, 2.24) is 4.98 Å². The van der Waals surface area contributed by atoms with E-state index in [1.165, 1.54) is 0 Å². The second-order valence-electron chi connectivity index (χ2n) is 9.38. The summed E-state index contributed by atoms with van der Waals surface area (Å²) in [6.07, 6.45) is 2.76. The molecule has 31 heavy (non-hydrogen) atoms. The minimum atomic E-state index is -0.0591. The first kappa shape index (κ1) is 21.3. The van der Waals surface area contributed by atoms with Gasteiger partial charge in [0.2, 0.25) is 5.91 Å². The molecule has 2 aromatic rings. The molecule has 1 amide bonds. The van der Waals surface area contributed by atoms with Crippen molar-refractivity contribution in [3.8, 4) is 11.5 Å². The van der Waals surface area contributed by atoms with Crippen molar-refractivity contribution in [1.29, 1.82) is 0 Å². The zero-order chi connectivity index (χ0) is 21.8. The molecule has 1 fully saturated rings. The molecular formula is C24H32N4O3. The molecule has 1 aromatic carbocycles. The fourth-order valence-electron chi connectivity index (χ4n) is 3.88. The second kappa shape index (κ2) is 9.04. The Morgan fingerprint density at radius 1 is 1.06 bits per heavy atom. The standard InChI is InChI=1S/C24H32N4O3/c1-24(2,3)15-22(29)26-18-7-9-21(27-23(18)28-10-4-5-11-28)25-16-17-6-8-19-20(14-17)31-13-12-30-19/h6-9,14H,4-5,10-13,15-16H2,1-3H3,(H,25,27)(H,26,29). The topological polar surface area (TPSA) is 75.7 Å². The number of pyridine rings is 1. The van der Waals surface area contributed by atoms with Crippen LogP contribution in [0.15, 0.2) is 30.3 Å². The molecule has 0 atom stereocenters. The molecule has 0 unspecified atom stereocenters. The molecule has 4 rings (SSSR count). The SMILES string of the molecule is CC(C)(C)CC(=O)Nc1ccc(NCc2ccc3c(c2)OCCO3)nc1N1CCCC1. The quantitative estimate of drug-likeness (QED) is 0.714. The van der Waals surface area contributed by atoms with Crippen molar-refractivity contribution in [3.63, 3.8) is 0 Å². The van der Waals surface area contributed by atoms with Crippen LogP contribution in [0.4, 0.5) is 17.3 Å². The Kier molecular flexibility index (Phi) is 6.20. The Balaban J connectivity index is 1.48. The van der Waals surface area contributed by atoms with Crippen LogP contribution >= 0.6 is 0 Å². The van der Waals surface area contributed by atoms with Gasteiger partial charge in [0.1, 0.15) is 19.0 Å². The summed E-state index contributed by atoms with van der Waals surface area (Å²) in [6.45, 7) is 9.91. The first-order valence-electron chi connectivity index (χ1n) is 11.1. The number of hydrogen-bond donors (Lipinski definition) is 2. The van der Waals surface area contributed by atoms with Crippen molar-refractivity contribution in [3.05, 3.63) is 35.9 Å². The summed E-state index contributed by atoms with van der Waals surface area (Å²) in [5, 5.41) is 6.48. The average molecular weight is 425 g/mol. The summed E-state index contributed by atoms with van der Waals surface area (Å²) in [5.41, 5.74) is 1.81. The number of nitrogens with one attached hydrogen (secondary N) is 2. The smallest absolute Gasteiger partial charge is 0.224 e. The lowest BCUT2D eigenvalue weighted by atomic mass is 9.92. The number of hydrogen-bond acceptors (Lipinski definition) is 6. The normalized spacial score (nSPS) is 15.6. The van der Waals surface area contributed by atoms with E-state index in [9.17, 15) is 4.79 Å². The highest BCUT2D eigenvalue weighted by atomic mass is 16.6. The van der Waals surface area contributed by atoms with Crippen LogP contribution in [-0.4, -0.2) is 37.2 Å². The largest absolute Gasteiger partial charge is 0.486 e. The number of anilines is 3. The van der Waals surface area contributed by atoms with E-state index in [4.69, 9.17) is 14.5 Å². The predicted octanol–water partition coefficient (Wildman–Crippen LogP) is 4.44. The molecule has 2 aliphatic rings. The average Bonchev–Trinajstić information content (AvgIpc) is 3.26. The lowest BCUT2D eigenvalue weighted by Crippen LogP contribution is -2.24. The van der Waals surface area contributed by atoms with Crippen LogP contribution in [0, 0.1) is 5.41 Å². The molecule has 0 bridgehead atoms. The van der Waals surface area contributed by atoms with Gasteiger partial charge in [-0.2, -0.15) is 0 Å². The Hall–Kier alpha value is -2.96. The predicted molar refractivity (Wildman–Crippen MR) is 123 cm³/mol. The van der Waals surface area contributed by atoms with E-state index in [1.54, 1.807) is 0 Å². The Bertz CT molecular complexity index is 933. The fourth-order valence-corrected chi connectivity index (χ4v) is 3.88. The van der Waals surface area contributed by atoms with Gasteiger partial charge in [0.05, 0.1) is 5.69 Å². The van der Waals surface area contributed by atoms with Crippen LogP contribution in [0.5, 0.6) is 11.5 Å². The van der Waals surface area contributed by atoms with E-state index in [2.05, 4.69) is 36.3 Å². The maximum Gasteiger partial charge on any atom is 0.224 e. The Morgan fingerprint density at radius 2 is 1.81 bits per heavy atom. The number of carbonyl (C=O) groups is 1. The summed E-state index contributed by atoms with van der Waals surface area (Å²) in [6, 6.07) is 9.85. The minimum Gasteiger partial charge on any atom is -0.486 e. The van der Waals surface area contributed by atoms with E-state index >= 15 is 0 Å². The maximum atomic E-state index is 12.5. The van der Waals surface area contributed by atoms with Crippen molar-refractivity contribution < 1.29 is 14.3 Å². The van der Waals surface area contributed by atoms with Crippen molar-refractivity contribution >= 4 is 23.2 Å². The van der Waals surface area contributed by atoms with Gasteiger partial charge in [-0.1, -0.05) is 26.8 Å². The highest BCUT2D eigenvalue weighted by molar-refractivity contribution is 5.94. The summed E-state index contributed by atoms with van der Waals surface area (Å²) >= 11 is 0. The van der Waals surface area contributed by atoms with Crippen LogP contribution in [0.25, 0.3) is 0 Å². The number of rotatable bonds is 6. The van der Waals surface area contributed by atoms with E-state index in [1.807, 2.05) is 30.3 Å². The number of aromatic nitrogens is 1. The van der Waals surface area contributed by atoms with Crippen molar-refractivity contribution in [2.75, 3.05) is 41.8 Å². The Morgan fingerprint density at radius 3 is 2.55 bits per heavy atom. The molecule has 1 saturated heterocycles. The molecule has 7 heteroatoms. The molecule has 166 valence electrons. The van der Waals surface area contributed by atoms with E-state index < -0.39 is 0 Å². The number of carbonyl (C=O) groups excluding carboxylic acids is 1. The molecule has 2 N–H and O–H groups in total. The van der Waals surface area contributed by atoms with Gasteiger partial charge < -0.3 is 25.0 Å². The van der Waals surface area contributed by atoms with Gasteiger partial charge in [-0.05, 0) is 48.1 Å². The van der Waals surface area contributed by atoms with Gasteiger partial charge in [0.15, 0.2) is 17.3 Å². The summed E-state index contributed by atoms with van der Waals surface area (Å²) < 4.78 is 11.3. The lowest BCUT2D eigenvalue weighted by Gasteiger charge is -2.23. The van der Waals surface area contributed by atoms with Crippen molar-refractivity contribution in [2.45, 2.75) is 46.6 Å². The van der Waals surface area contributed by atoms with Gasteiger partial charge in [0, 0.05) is 26.1 Å². The van der Waals surface area contributed by atoms with Crippen LogP contribution in [-0.2, 0) is 11.3 Å². The molecule has 1 aromatic heterocycles. The van der Waals surface area contributed by atoms with E-state index in [0.29, 0.717) is 26.2 Å². The minimum absolute atomic E-state index is 0.0201. The van der Waals surface area contributed by atoms with Crippen LogP contribution in [0.2, 0.25) is 0 Å². The fraction of sp³-hybridized carbons (Fsp3) is 0.500. The first-order chi connectivity index (χ1) is 14.9. The highest BCUT2D eigenvalue weighted by Gasteiger charge is 2.21. The van der Waals surface area contributed by atoms with Gasteiger partial charge in [-0.15, -0.1) is 0 Å². The number of ether oxygens (including phenoxy) is 2. The third-order valence-electron chi connectivity index (χ3n) is 5.33. The van der Waals surface area contributed by atoms with Gasteiger partial charge in [-0.25, -0.2) is 4.98 Å². The molecular weight excluding hydrogens is 392 g/mol. The van der Waals surface area contributed by atoms with Gasteiger partial charge in [0.25, 0.3) is 0 Å². The highest BCUT2D eigenvalue weighted by Crippen LogP contribution is 2.32. The third-order valence-corrected chi connectivity index (χ3v) is 5.33. The molecule has 0 spiro atoms. The summed E-state index contributed by atoms with van der Waals surface area (Å²) in [5.74, 6) is 3.22. The van der Waals surface area contributed by atoms with Crippen molar-refractivity contribution in [2.24, 2.45) is 5.41 Å². The molecule has 7 nitrogen and oxygen atoms in total. The molecule has 2 aliphatic heterocycles. The first-order valence-corrected chi connectivity index (χ1v) is 11.1. The molecule has 0 radical (unpaired) electrons. The van der Waals surface area contributed by atoms with Gasteiger partial charge in [-0.3, -0.25) is 4.79 Å². The lowest BCUT2D eigenvalue weighted by molar-refractivity contribution is -0.117. The monoisotopic (exact) mass is 424 g/mol. The van der Waals surface area contributed by atoms with E-state index in [0.717, 1.165) is 60.3 Å². The zero-order valence-corrected chi connectivity index (χ0v) is 18.7. The number of fused-ring (bicyclic) bond motifs is 1. The maximum absolute atomic E-state index is 12.5. The number of nitrogens with zero attached hydrogens (tertiary/aromatic N) is 2. The molecule has 3 heterocycles. The van der Waals surface area contributed by atoms with Crippen LogP contribution < -0.4 is 25.0 Å². The molecule has 0 saturated carbocycles. The zero-order valence-electron chi connectivity index (χ0n) is 18.7. The van der Waals surface area contributed by atoms with Crippen LogP contribution in [0.1, 0.15) is 45.6 Å². The second-order valence-corrected chi connectivity index (χ2v) is 9.38. The third kappa shape index (κ3) is 5.60. The van der Waals surface area contributed by atoms with E-state index in [-0.39, 0.29) is 11.3 Å². The number of amides is 1. The van der Waals surface area contributed by atoms with Gasteiger partial charge >= 0.3 is 0 Å². The Labute approximate surface area is 184 Å². The van der Waals surface area contributed by atoms with Crippen LogP contribution in [0.3, 0.4) is 0 Å². The number of benzene rings is 1. The summed E-state index contributed by atoms with van der Waals surface area (Å²) in [7, 11) is 0. The molecule has 0 aliphatic carbocycles. The summed E-state index contributed by atoms with van der Waals surface area (Å²) in [4.78, 5) is 19.6.